The quantitative estimate of drug-likeness (QED) is 0.504. The third-order valence-electron chi connectivity index (χ3n) is 3.36. The van der Waals surface area contributed by atoms with E-state index in [2.05, 4.69) is 20.9 Å². The minimum atomic E-state index is -0.497. The summed E-state index contributed by atoms with van der Waals surface area (Å²) in [4.78, 5) is 27.1. The molecule has 0 aliphatic carbocycles. The van der Waals surface area contributed by atoms with Gasteiger partial charge in [0.15, 0.2) is 5.75 Å². The fourth-order valence-electron chi connectivity index (χ4n) is 2.24. The molecule has 0 aliphatic rings. The minimum Gasteiger partial charge on any atom is -0.480 e. The minimum absolute atomic E-state index is 0.0360. The summed E-state index contributed by atoms with van der Waals surface area (Å²) in [5.74, 6) is 0.142. The van der Waals surface area contributed by atoms with Crippen molar-refractivity contribution in [1.82, 2.24) is 9.38 Å². The lowest BCUT2D eigenvalue weighted by molar-refractivity contribution is -0.386. The molecule has 1 aromatic carbocycles. The van der Waals surface area contributed by atoms with Gasteiger partial charge in [0.1, 0.15) is 12.3 Å². The summed E-state index contributed by atoms with van der Waals surface area (Å²) in [6.45, 7) is 1.73. The van der Waals surface area contributed by atoms with Crippen molar-refractivity contribution in [3.05, 3.63) is 78.8 Å². The van der Waals surface area contributed by atoms with E-state index in [1.54, 1.807) is 37.4 Å². The third-order valence-corrected chi connectivity index (χ3v) is 3.83. The van der Waals surface area contributed by atoms with E-state index in [-0.39, 0.29) is 23.6 Å². The summed E-state index contributed by atoms with van der Waals surface area (Å²) in [7, 11) is 0. The number of rotatable bonds is 4. The summed E-state index contributed by atoms with van der Waals surface area (Å²) >= 11 is 3.30. The molecule has 0 saturated heterocycles. The fraction of sp³-hybridized carbons (Fsp3) is 0.125. The fourth-order valence-corrected chi connectivity index (χ4v) is 2.58. The maximum Gasteiger partial charge on any atom is 0.311 e. The van der Waals surface area contributed by atoms with Crippen LogP contribution in [0.2, 0.25) is 0 Å². The maximum atomic E-state index is 12.1. The lowest BCUT2D eigenvalue weighted by Crippen LogP contribution is -2.16. The first kappa shape index (κ1) is 16.1. The Kier molecular flexibility index (Phi) is 4.30. The number of hydrogen-bond acceptors (Lipinski definition) is 5. The van der Waals surface area contributed by atoms with Crippen molar-refractivity contribution in [2.45, 2.75) is 13.5 Å². The van der Waals surface area contributed by atoms with E-state index in [1.807, 2.05) is 0 Å². The van der Waals surface area contributed by atoms with Crippen LogP contribution >= 0.6 is 15.9 Å². The van der Waals surface area contributed by atoms with Crippen LogP contribution in [0.3, 0.4) is 0 Å². The molecule has 8 heteroatoms. The second-order valence-electron chi connectivity index (χ2n) is 5.18. The number of pyridine rings is 1. The summed E-state index contributed by atoms with van der Waals surface area (Å²) < 4.78 is 7.67. The number of ether oxygens (including phenoxy) is 1. The van der Waals surface area contributed by atoms with Gasteiger partial charge in [0.25, 0.3) is 5.56 Å². The van der Waals surface area contributed by atoms with Crippen LogP contribution in [0.4, 0.5) is 5.69 Å². The molecule has 0 atom stereocenters. The number of aromatic nitrogens is 2. The number of nitro benzene ring substituents is 1. The van der Waals surface area contributed by atoms with Gasteiger partial charge in [-0.2, -0.15) is 0 Å². The molecule has 0 amide bonds. The highest BCUT2D eigenvalue weighted by atomic mass is 79.9. The van der Waals surface area contributed by atoms with E-state index >= 15 is 0 Å². The SMILES string of the molecule is Cc1ccc(OCc2cc(=O)n3cc(Br)ccc3n2)c([N+](=O)[O-])c1. The zero-order chi connectivity index (χ0) is 17.3. The highest BCUT2D eigenvalue weighted by Crippen LogP contribution is 2.28. The molecule has 122 valence electrons. The number of benzene rings is 1. The standard InChI is InChI=1S/C16H12BrN3O4/c1-10-2-4-14(13(6-10)20(22)23)24-9-12-7-16(21)19-8-11(17)3-5-15(19)18-12/h2-8H,9H2,1H3. The third kappa shape index (κ3) is 3.28. The Morgan fingerprint density at radius 3 is 2.83 bits per heavy atom. The van der Waals surface area contributed by atoms with Crippen LogP contribution in [0.25, 0.3) is 5.65 Å². The number of halogens is 1. The Labute approximate surface area is 144 Å². The van der Waals surface area contributed by atoms with Crippen molar-refractivity contribution in [2.24, 2.45) is 0 Å². The van der Waals surface area contributed by atoms with E-state index in [4.69, 9.17) is 4.74 Å². The van der Waals surface area contributed by atoms with E-state index in [1.165, 1.54) is 16.5 Å². The molecule has 0 fully saturated rings. The molecule has 0 bridgehead atoms. The maximum absolute atomic E-state index is 12.1. The molecule has 3 rings (SSSR count). The summed E-state index contributed by atoms with van der Waals surface area (Å²) in [5.41, 5.74) is 1.27. The molecule has 0 spiro atoms. The molecule has 2 heterocycles. The van der Waals surface area contributed by atoms with Crippen molar-refractivity contribution in [2.75, 3.05) is 0 Å². The van der Waals surface area contributed by atoms with Gasteiger partial charge in [-0.25, -0.2) is 4.98 Å². The van der Waals surface area contributed by atoms with Crippen LogP contribution in [0.15, 0.2) is 51.9 Å². The highest BCUT2D eigenvalue weighted by molar-refractivity contribution is 9.10. The number of nitro groups is 1. The molecule has 0 saturated carbocycles. The van der Waals surface area contributed by atoms with Crippen LogP contribution in [0.5, 0.6) is 5.75 Å². The van der Waals surface area contributed by atoms with Gasteiger partial charge in [0.2, 0.25) is 0 Å². The van der Waals surface area contributed by atoms with E-state index in [0.29, 0.717) is 11.3 Å². The molecule has 0 unspecified atom stereocenters. The monoisotopic (exact) mass is 389 g/mol. The lowest BCUT2D eigenvalue weighted by atomic mass is 10.2. The predicted molar refractivity (Wildman–Crippen MR) is 91.3 cm³/mol. The van der Waals surface area contributed by atoms with Crippen molar-refractivity contribution in [3.63, 3.8) is 0 Å². The van der Waals surface area contributed by atoms with Gasteiger partial charge in [0, 0.05) is 22.8 Å². The van der Waals surface area contributed by atoms with Crippen LogP contribution < -0.4 is 10.3 Å². The Bertz CT molecular complexity index is 1000. The van der Waals surface area contributed by atoms with Crippen molar-refractivity contribution in [1.29, 1.82) is 0 Å². The van der Waals surface area contributed by atoms with Gasteiger partial charge < -0.3 is 4.74 Å². The van der Waals surface area contributed by atoms with Gasteiger partial charge in [-0.1, -0.05) is 6.07 Å². The highest BCUT2D eigenvalue weighted by Gasteiger charge is 2.15. The molecule has 0 N–H and O–H groups in total. The molecule has 7 nitrogen and oxygen atoms in total. The molecule has 2 aromatic heterocycles. The van der Waals surface area contributed by atoms with Crippen LogP contribution in [-0.4, -0.2) is 14.3 Å². The molecule has 0 radical (unpaired) electrons. The topological polar surface area (TPSA) is 86.7 Å². The normalized spacial score (nSPS) is 10.8. The zero-order valence-electron chi connectivity index (χ0n) is 12.6. The first-order valence-corrected chi connectivity index (χ1v) is 7.79. The Morgan fingerprint density at radius 1 is 1.29 bits per heavy atom. The zero-order valence-corrected chi connectivity index (χ0v) is 14.2. The van der Waals surface area contributed by atoms with Gasteiger partial charge in [-0.3, -0.25) is 19.3 Å². The van der Waals surface area contributed by atoms with Gasteiger partial charge >= 0.3 is 5.69 Å². The number of fused-ring (bicyclic) bond motifs is 1. The molecule has 0 aliphatic heterocycles. The first-order chi connectivity index (χ1) is 11.4. The van der Waals surface area contributed by atoms with Gasteiger partial charge in [0.05, 0.1) is 10.6 Å². The van der Waals surface area contributed by atoms with Crippen LogP contribution in [0.1, 0.15) is 11.3 Å². The van der Waals surface area contributed by atoms with Gasteiger partial charge in [-0.05, 0) is 46.6 Å². The van der Waals surface area contributed by atoms with E-state index in [0.717, 1.165) is 10.0 Å². The van der Waals surface area contributed by atoms with E-state index < -0.39 is 4.92 Å². The summed E-state index contributed by atoms with van der Waals surface area (Å²) in [5, 5.41) is 11.1. The summed E-state index contributed by atoms with van der Waals surface area (Å²) in [6, 6.07) is 9.52. The van der Waals surface area contributed by atoms with E-state index in [9.17, 15) is 14.9 Å². The predicted octanol–water partition coefficient (Wildman–Crippen LogP) is 3.25. The number of hydrogen-bond donors (Lipinski definition) is 0. The Hall–Kier alpha value is -2.74. The number of nitrogens with zero attached hydrogens (tertiary/aromatic N) is 3. The Balaban J connectivity index is 1.90. The average Bonchev–Trinajstić information content (AvgIpc) is 2.54. The molecular weight excluding hydrogens is 378 g/mol. The largest absolute Gasteiger partial charge is 0.480 e. The van der Waals surface area contributed by atoms with Crippen molar-refractivity contribution < 1.29 is 9.66 Å². The van der Waals surface area contributed by atoms with Crippen LogP contribution in [0, 0.1) is 17.0 Å². The molecule has 3 aromatic rings. The number of aryl methyl sites for hydroxylation is 1. The van der Waals surface area contributed by atoms with Gasteiger partial charge in [-0.15, -0.1) is 0 Å². The second-order valence-corrected chi connectivity index (χ2v) is 6.09. The van der Waals surface area contributed by atoms with Crippen molar-refractivity contribution >= 4 is 27.3 Å². The molecular formula is C16H12BrN3O4. The smallest absolute Gasteiger partial charge is 0.311 e. The average molecular weight is 390 g/mol. The second kappa shape index (κ2) is 6.40. The van der Waals surface area contributed by atoms with Crippen molar-refractivity contribution in [3.8, 4) is 5.75 Å². The molecule has 24 heavy (non-hydrogen) atoms. The lowest BCUT2D eigenvalue weighted by Gasteiger charge is -2.08. The first-order valence-electron chi connectivity index (χ1n) is 7.00. The van der Waals surface area contributed by atoms with Crippen LogP contribution in [-0.2, 0) is 6.61 Å². The Morgan fingerprint density at radius 2 is 2.08 bits per heavy atom. The summed E-state index contributed by atoms with van der Waals surface area (Å²) in [6.07, 6.45) is 1.63.